The second kappa shape index (κ2) is 6.05. The Balaban J connectivity index is 2.48. The first kappa shape index (κ1) is 12.4. The zero-order valence-electron chi connectivity index (χ0n) is 8.96. The third-order valence-corrected chi connectivity index (χ3v) is 2.86. The van der Waals surface area contributed by atoms with E-state index in [9.17, 15) is 4.79 Å². The van der Waals surface area contributed by atoms with Crippen molar-refractivity contribution in [2.75, 3.05) is 5.32 Å². The Kier molecular flexibility index (Phi) is 5.01. The summed E-state index contributed by atoms with van der Waals surface area (Å²) in [5, 5.41) is 2.78. The molecule has 1 N–H and O–H groups in total. The summed E-state index contributed by atoms with van der Waals surface area (Å²) >= 11 is 2.18. The molecule has 15 heavy (non-hydrogen) atoms. The van der Waals surface area contributed by atoms with Gasteiger partial charge in [-0.2, -0.15) is 0 Å². The van der Waals surface area contributed by atoms with Gasteiger partial charge >= 0.3 is 0 Å². The van der Waals surface area contributed by atoms with Crippen LogP contribution < -0.4 is 5.32 Å². The summed E-state index contributed by atoms with van der Waals surface area (Å²) in [4.78, 5) is 15.6. The summed E-state index contributed by atoms with van der Waals surface area (Å²) < 4.78 is 1.06. The normalized spacial score (nSPS) is 12.2. The van der Waals surface area contributed by atoms with Crippen LogP contribution in [-0.2, 0) is 4.79 Å². The highest BCUT2D eigenvalue weighted by atomic mass is 127. The summed E-state index contributed by atoms with van der Waals surface area (Å²) in [7, 11) is 0. The van der Waals surface area contributed by atoms with Crippen LogP contribution in [0.25, 0.3) is 0 Å². The molecule has 0 aromatic carbocycles. The van der Waals surface area contributed by atoms with Crippen LogP contribution in [0.1, 0.15) is 26.7 Å². The number of amides is 1. The minimum atomic E-state index is 0.0399. The molecule has 0 spiro atoms. The number of nitrogens with zero attached hydrogens (tertiary/aromatic N) is 1. The van der Waals surface area contributed by atoms with Crippen molar-refractivity contribution in [1.82, 2.24) is 4.98 Å². The lowest BCUT2D eigenvalue weighted by molar-refractivity contribution is -0.117. The van der Waals surface area contributed by atoms with Crippen molar-refractivity contribution in [3.63, 3.8) is 0 Å². The fraction of sp³-hybridized carbons (Fsp3) is 0.455. The van der Waals surface area contributed by atoms with Gasteiger partial charge in [-0.05, 0) is 40.6 Å². The molecular weight excluding hydrogens is 303 g/mol. The molecule has 0 aliphatic carbocycles. The fourth-order valence-corrected chi connectivity index (χ4v) is 1.42. The Labute approximate surface area is 104 Å². The highest BCUT2D eigenvalue weighted by Crippen LogP contribution is 2.10. The van der Waals surface area contributed by atoms with Gasteiger partial charge in [-0.1, -0.05) is 20.3 Å². The van der Waals surface area contributed by atoms with Gasteiger partial charge in [-0.25, -0.2) is 4.98 Å². The van der Waals surface area contributed by atoms with Crippen molar-refractivity contribution in [2.45, 2.75) is 26.7 Å². The molecule has 1 unspecified atom stereocenters. The first-order valence-corrected chi connectivity index (χ1v) is 6.11. The zero-order chi connectivity index (χ0) is 11.3. The molecule has 0 radical (unpaired) electrons. The van der Waals surface area contributed by atoms with E-state index in [1.165, 1.54) is 0 Å². The molecule has 0 saturated heterocycles. The monoisotopic (exact) mass is 318 g/mol. The molecule has 1 aromatic rings. The molecule has 0 aliphatic heterocycles. The second-order valence-corrected chi connectivity index (χ2v) is 4.87. The van der Waals surface area contributed by atoms with Gasteiger partial charge in [-0.3, -0.25) is 4.79 Å². The van der Waals surface area contributed by atoms with Crippen LogP contribution in [0.4, 0.5) is 5.82 Å². The minimum absolute atomic E-state index is 0.0399. The van der Waals surface area contributed by atoms with Crippen LogP contribution in [0.2, 0.25) is 0 Å². The van der Waals surface area contributed by atoms with E-state index < -0.39 is 0 Å². The quantitative estimate of drug-likeness (QED) is 0.867. The number of aromatic nitrogens is 1. The predicted molar refractivity (Wildman–Crippen MR) is 69.7 cm³/mol. The molecule has 0 fully saturated rings. The lowest BCUT2D eigenvalue weighted by Crippen LogP contribution is -2.15. The fourth-order valence-electron chi connectivity index (χ4n) is 1.10. The van der Waals surface area contributed by atoms with Crippen LogP contribution in [0.15, 0.2) is 18.3 Å². The summed E-state index contributed by atoms with van der Waals surface area (Å²) in [6.45, 7) is 4.15. The van der Waals surface area contributed by atoms with E-state index in [0.717, 1.165) is 9.99 Å². The van der Waals surface area contributed by atoms with Crippen molar-refractivity contribution < 1.29 is 4.79 Å². The van der Waals surface area contributed by atoms with Crippen LogP contribution in [0.3, 0.4) is 0 Å². The van der Waals surface area contributed by atoms with Gasteiger partial charge in [0.15, 0.2) is 0 Å². The van der Waals surface area contributed by atoms with Gasteiger partial charge in [0, 0.05) is 16.2 Å². The maximum absolute atomic E-state index is 11.5. The van der Waals surface area contributed by atoms with Crippen LogP contribution in [0, 0.1) is 9.49 Å². The molecule has 82 valence electrons. The van der Waals surface area contributed by atoms with Crippen LogP contribution in [-0.4, -0.2) is 10.9 Å². The smallest absolute Gasteiger partial charge is 0.225 e. The number of pyridine rings is 1. The van der Waals surface area contributed by atoms with Gasteiger partial charge in [0.05, 0.1) is 0 Å². The largest absolute Gasteiger partial charge is 0.311 e. The van der Waals surface area contributed by atoms with E-state index in [0.29, 0.717) is 18.2 Å². The molecule has 1 rings (SSSR count). The maximum Gasteiger partial charge on any atom is 0.225 e. The van der Waals surface area contributed by atoms with E-state index in [1.54, 1.807) is 6.20 Å². The summed E-state index contributed by atoms with van der Waals surface area (Å²) in [6.07, 6.45) is 3.32. The highest BCUT2D eigenvalue weighted by Gasteiger charge is 2.07. The Morgan fingerprint density at radius 2 is 2.33 bits per heavy atom. The minimum Gasteiger partial charge on any atom is -0.311 e. The molecule has 0 saturated carbocycles. The van der Waals surface area contributed by atoms with Crippen LogP contribution >= 0.6 is 22.6 Å². The van der Waals surface area contributed by atoms with Gasteiger partial charge in [0.2, 0.25) is 5.91 Å². The Bertz CT molecular complexity index is 324. The van der Waals surface area contributed by atoms with Crippen molar-refractivity contribution in [3.05, 3.63) is 21.9 Å². The number of carbonyl (C=O) groups excluding carboxylic acids is 1. The number of halogens is 1. The standard InChI is InChI=1S/C11H15IN2O/c1-3-8(2)6-11(15)14-10-5-4-9(12)7-13-10/h4-5,7-8H,3,6H2,1-2H3,(H,13,14,15). The van der Waals surface area contributed by atoms with Crippen molar-refractivity contribution in [2.24, 2.45) is 5.92 Å². The molecular formula is C11H15IN2O. The van der Waals surface area contributed by atoms with Gasteiger partial charge in [-0.15, -0.1) is 0 Å². The Morgan fingerprint density at radius 1 is 1.60 bits per heavy atom. The first-order chi connectivity index (χ1) is 7.11. The number of nitrogens with one attached hydrogen (secondary N) is 1. The number of rotatable bonds is 4. The molecule has 4 heteroatoms. The van der Waals surface area contributed by atoms with E-state index in [2.05, 4.69) is 46.7 Å². The molecule has 3 nitrogen and oxygen atoms in total. The topological polar surface area (TPSA) is 42.0 Å². The molecule has 1 atom stereocenters. The van der Waals surface area contributed by atoms with Crippen molar-refractivity contribution in [1.29, 1.82) is 0 Å². The van der Waals surface area contributed by atoms with Gasteiger partial charge < -0.3 is 5.32 Å². The third kappa shape index (κ3) is 4.59. The highest BCUT2D eigenvalue weighted by molar-refractivity contribution is 14.1. The lowest BCUT2D eigenvalue weighted by atomic mass is 10.1. The van der Waals surface area contributed by atoms with Crippen LogP contribution in [0.5, 0.6) is 0 Å². The third-order valence-electron chi connectivity index (χ3n) is 2.23. The average Bonchev–Trinajstić information content (AvgIpc) is 2.21. The molecule has 0 aliphatic rings. The van der Waals surface area contributed by atoms with E-state index in [4.69, 9.17) is 0 Å². The number of hydrogen-bond acceptors (Lipinski definition) is 2. The Morgan fingerprint density at radius 3 is 2.87 bits per heavy atom. The summed E-state index contributed by atoms with van der Waals surface area (Å²) in [6, 6.07) is 3.74. The molecule has 1 amide bonds. The van der Waals surface area contributed by atoms with Crippen molar-refractivity contribution >= 4 is 34.3 Å². The van der Waals surface area contributed by atoms with Gasteiger partial charge in [0.25, 0.3) is 0 Å². The molecule has 1 heterocycles. The van der Waals surface area contributed by atoms with Gasteiger partial charge in [0.1, 0.15) is 5.82 Å². The van der Waals surface area contributed by atoms with E-state index >= 15 is 0 Å². The second-order valence-electron chi connectivity index (χ2n) is 3.63. The zero-order valence-corrected chi connectivity index (χ0v) is 11.1. The first-order valence-electron chi connectivity index (χ1n) is 5.03. The Hall–Kier alpha value is -0.650. The maximum atomic E-state index is 11.5. The molecule has 1 aromatic heterocycles. The average molecular weight is 318 g/mol. The predicted octanol–water partition coefficient (Wildman–Crippen LogP) is 3.06. The summed E-state index contributed by atoms with van der Waals surface area (Å²) in [5.74, 6) is 1.09. The van der Waals surface area contributed by atoms with Crippen molar-refractivity contribution in [3.8, 4) is 0 Å². The van der Waals surface area contributed by atoms with E-state index in [-0.39, 0.29) is 5.91 Å². The number of carbonyl (C=O) groups is 1. The number of hydrogen-bond donors (Lipinski definition) is 1. The molecule has 0 bridgehead atoms. The summed E-state index contributed by atoms with van der Waals surface area (Å²) in [5.41, 5.74) is 0. The SMILES string of the molecule is CCC(C)CC(=O)Nc1ccc(I)cn1. The lowest BCUT2D eigenvalue weighted by Gasteiger charge is -2.08. The van der Waals surface area contributed by atoms with E-state index in [1.807, 2.05) is 12.1 Å². The number of anilines is 1.